The maximum absolute atomic E-state index is 12.9. The summed E-state index contributed by atoms with van der Waals surface area (Å²) in [6, 6.07) is -6.47. The zero-order valence-corrected chi connectivity index (χ0v) is 39.5. The van der Waals surface area contributed by atoms with Crippen LogP contribution in [0.1, 0.15) is 48.0 Å². The summed E-state index contributed by atoms with van der Waals surface area (Å²) in [6.07, 6.45) is -25.8. The molecule has 72 heavy (non-hydrogen) atoms. The predicted octanol–water partition coefficient (Wildman–Crippen LogP) is 3.58. The highest BCUT2D eigenvalue weighted by Crippen LogP contribution is 2.41. The molecule has 1 saturated carbocycles. The van der Waals surface area contributed by atoms with Gasteiger partial charge >= 0.3 is 35.8 Å². The number of carbonyl (C=O) groups is 6. The second kappa shape index (κ2) is 27.4. The van der Waals surface area contributed by atoms with Gasteiger partial charge in [0.1, 0.15) is 42.6 Å². The van der Waals surface area contributed by atoms with Crippen LogP contribution in [0.25, 0.3) is 62.7 Å². The van der Waals surface area contributed by atoms with Gasteiger partial charge in [0.25, 0.3) is 0 Å². The van der Waals surface area contributed by atoms with Crippen molar-refractivity contribution in [1.82, 2.24) is 0 Å². The zero-order chi connectivity index (χ0) is 53.2. The van der Waals surface area contributed by atoms with E-state index in [0.717, 1.165) is 41.5 Å². The van der Waals surface area contributed by atoms with Crippen molar-refractivity contribution in [3.05, 3.63) is 62.7 Å². The van der Waals surface area contributed by atoms with E-state index in [-0.39, 0.29) is 5.75 Å². The molecule has 1 aliphatic carbocycles. The first-order valence-corrected chi connectivity index (χ1v) is 21.7. The standard InChI is InChI=1S/C35H46N18O18S/c1-11(54)60-24-17(44-50-38)7-18(45-51-39)25(69-33-22(46-52-40)29(63-14(4)57)26(61-12(2)55)19(66-33)8-42-48-36)31(24)71-35-32(65-16(6)59)28(21(10-72)68-35)70-34-23(47-53-41)30(64-15(5)58)27(62-13(3)56)20(67-34)9-43-49-37/h17-35,72H,7-10H2,1-6H3/t17-,18?,19?,20+,21-,22?,23?,24?,25-,26-,27-,28+,29-,30?,31-,32?,33-,34-,35+/m1/s1. The molecule has 3 saturated heterocycles. The Kier molecular flexibility index (Phi) is 21.8. The Morgan fingerprint density at radius 1 is 0.431 bits per heavy atom. The smallest absolute Gasteiger partial charge is 0.303 e. The average Bonchev–Trinajstić information content (AvgIpc) is 3.61. The summed E-state index contributed by atoms with van der Waals surface area (Å²) in [5.41, 5.74) is 57.2. The van der Waals surface area contributed by atoms with Crippen molar-refractivity contribution in [2.24, 2.45) is 30.7 Å². The van der Waals surface area contributed by atoms with Gasteiger partial charge in [0.2, 0.25) is 0 Å². The van der Waals surface area contributed by atoms with Crippen molar-refractivity contribution < 1.29 is 85.6 Å². The van der Waals surface area contributed by atoms with Gasteiger partial charge in [0.15, 0.2) is 49.4 Å². The molecule has 36 nitrogen and oxygen atoms in total. The molecule has 3 aliphatic heterocycles. The Hall–Kier alpha value is -7.21. The molecule has 0 aromatic carbocycles. The summed E-state index contributed by atoms with van der Waals surface area (Å²) >= 11 is 4.38. The van der Waals surface area contributed by atoms with Crippen molar-refractivity contribution in [3.63, 3.8) is 0 Å². The summed E-state index contributed by atoms with van der Waals surface area (Å²) in [6.45, 7) is 4.74. The first kappa shape index (κ1) is 57.4. The summed E-state index contributed by atoms with van der Waals surface area (Å²) in [7, 11) is 0. The van der Waals surface area contributed by atoms with Crippen LogP contribution in [-0.4, -0.2) is 171 Å². The minimum Gasteiger partial charge on any atom is -0.459 e. The second-order valence-electron chi connectivity index (χ2n) is 15.6. The number of hydrogen-bond donors (Lipinski definition) is 1. The highest BCUT2D eigenvalue weighted by Gasteiger charge is 2.59. The van der Waals surface area contributed by atoms with E-state index >= 15 is 0 Å². The predicted molar refractivity (Wildman–Crippen MR) is 232 cm³/mol. The molecule has 4 aliphatic rings. The van der Waals surface area contributed by atoms with Crippen molar-refractivity contribution in [2.75, 3.05) is 18.8 Å². The van der Waals surface area contributed by atoms with Gasteiger partial charge in [-0.3, -0.25) is 28.8 Å². The molecule has 3 heterocycles. The number of rotatable bonds is 21. The third kappa shape index (κ3) is 14.9. The fraction of sp³-hybridized carbons (Fsp3) is 0.829. The molecule has 0 spiro atoms. The first-order valence-electron chi connectivity index (χ1n) is 21.1. The molecule has 0 N–H and O–H groups in total. The molecule has 0 aromatic heterocycles. The van der Waals surface area contributed by atoms with E-state index in [9.17, 15) is 56.4 Å². The van der Waals surface area contributed by atoms with Crippen molar-refractivity contribution in [3.8, 4) is 0 Å². The zero-order valence-electron chi connectivity index (χ0n) is 38.6. The SMILES string of the molecule is CC(=O)OC1[C@H](O[C@@H]2C(OC(C)=O)[C@H](N=[N+]=[N-])CC(N=[N+]=[N-])[C@H]2O[C@H]2OC(CN=[N+]=[N-])[C@@H](OC(C)=O)[C@H](OC(C)=O)C2N=[N+]=[N-])O[C@H](CS)[C@@H]1O[C@H]1O[C@@H](CN=[N+]=[N-])[C@@H](OC(C)=O)C(OC(C)=O)C1N=[N+]=[N-]. The Labute approximate surface area is 409 Å². The fourth-order valence-electron chi connectivity index (χ4n) is 8.27. The number of esters is 6. The van der Waals surface area contributed by atoms with Gasteiger partial charge in [-0.15, -0.1) is 0 Å². The largest absolute Gasteiger partial charge is 0.459 e. The van der Waals surface area contributed by atoms with Gasteiger partial charge in [-0.1, -0.05) is 30.7 Å². The normalized spacial score (nSPS) is 34.6. The van der Waals surface area contributed by atoms with Crippen LogP contribution in [0.3, 0.4) is 0 Å². The molecule has 19 atom stereocenters. The number of nitrogens with zero attached hydrogens (tertiary/aromatic N) is 18. The third-order valence-electron chi connectivity index (χ3n) is 10.7. The Balaban J connectivity index is 1.91. The second-order valence-corrected chi connectivity index (χ2v) is 15.9. The maximum atomic E-state index is 12.9. The monoisotopic (exact) mass is 1040 g/mol. The Morgan fingerprint density at radius 2 is 0.778 bits per heavy atom. The van der Waals surface area contributed by atoms with E-state index in [1.54, 1.807) is 0 Å². The summed E-state index contributed by atoms with van der Waals surface area (Å²) in [4.78, 5) is 91.9. The van der Waals surface area contributed by atoms with Crippen LogP contribution in [0.15, 0.2) is 30.7 Å². The number of hydrogen-bond acceptors (Lipinski definition) is 25. The number of carbonyl (C=O) groups excluding carboxylic acids is 6. The number of ether oxygens (including phenoxy) is 12. The van der Waals surface area contributed by atoms with E-state index in [4.69, 9.17) is 62.4 Å². The number of azide groups is 6. The van der Waals surface area contributed by atoms with E-state index in [1.165, 1.54) is 0 Å². The molecule has 0 aromatic rings. The van der Waals surface area contributed by atoms with Gasteiger partial charge in [-0.2, -0.15) is 12.6 Å². The first-order chi connectivity index (χ1) is 34.4. The lowest BCUT2D eigenvalue weighted by molar-refractivity contribution is -0.309. The summed E-state index contributed by atoms with van der Waals surface area (Å²) < 4.78 is 70.7. The van der Waals surface area contributed by atoms with E-state index in [2.05, 4.69) is 72.8 Å². The van der Waals surface area contributed by atoms with Crippen LogP contribution in [-0.2, 0) is 85.6 Å². The van der Waals surface area contributed by atoms with Gasteiger partial charge in [0.05, 0.1) is 37.4 Å². The van der Waals surface area contributed by atoms with E-state index in [1.807, 2.05) is 0 Å². The lowest BCUT2D eigenvalue weighted by Gasteiger charge is -2.48. The van der Waals surface area contributed by atoms with Crippen LogP contribution >= 0.6 is 12.6 Å². The molecule has 0 radical (unpaired) electrons. The molecule has 0 amide bonds. The van der Waals surface area contributed by atoms with E-state index in [0.29, 0.717) is 0 Å². The fourth-order valence-corrected chi connectivity index (χ4v) is 8.57. The lowest BCUT2D eigenvalue weighted by Crippen LogP contribution is -2.65. The molecule has 37 heteroatoms. The van der Waals surface area contributed by atoms with Crippen LogP contribution < -0.4 is 0 Å². The molecular formula is C35H46N18O18S. The number of thiol groups is 1. The molecule has 4 rings (SSSR count). The van der Waals surface area contributed by atoms with Gasteiger partial charge in [0, 0.05) is 76.8 Å². The van der Waals surface area contributed by atoms with Crippen LogP contribution in [0, 0.1) is 0 Å². The molecule has 390 valence electrons. The average molecular weight is 1040 g/mol. The molecule has 0 bridgehead atoms. The Morgan fingerprint density at radius 3 is 1.17 bits per heavy atom. The summed E-state index contributed by atoms with van der Waals surface area (Å²) in [5, 5.41) is 21.9. The van der Waals surface area contributed by atoms with Gasteiger partial charge in [-0.25, -0.2) is 0 Å². The van der Waals surface area contributed by atoms with Gasteiger partial charge < -0.3 is 56.8 Å². The molecular weight excluding hydrogens is 993 g/mol. The minimum absolute atomic E-state index is 0.301. The molecule has 7 unspecified atom stereocenters. The Bertz CT molecular complexity index is 2320. The van der Waals surface area contributed by atoms with Crippen LogP contribution in [0.5, 0.6) is 0 Å². The summed E-state index contributed by atoms with van der Waals surface area (Å²) in [5.74, 6) is -6.07. The highest BCUT2D eigenvalue weighted by atomic mass is 32.1. The van der Waals surface area contributed by atoms with Crippen molar-refractivity contribution in [1.29, 1.82) is 0 Å². The van der Waals surface area contributed by atoms with Crippen molar-refractivity contribution in [2.45, 2.75) is 164 Å². The maximum Gasteiger partial charge on any atom is 0.303 e. The van der Waals surface area contributed by atoms with Gasteiger partial charge in [-0.05, 0) is 39.6 Å². The quantitative estimate of drug-likeness (QED) is 0.0428. The third-order valence-corrected chi connectivity index (χ3v) is 11.0. The molecule has 4 fully saturated rings. The van der Waals surface area contributed by atoms with Crippen LogP contribution in [0.4, 0.5) is 0 Å². The highest BCUT2D eigenvalue weighted by molar-refractivity contribution is 7.80. The van der Waals surface area contributed by atoms with Crippen molar-refractivity contribution >= 4 is 48.4 Å². The van der Waals surface area contributed by atoms with E-state index < -0.39 is 172 Å². The minimum atomic E-state index is -1.95. The lowest BCUT2D eigenvalue weighted by atomic mass is 9.83. The topological polar surface area (TPSA) is 506 Å². The van der Waals surface area contributed by atoms with Crippen LogP contribution in [0.2, 0.25) is 0 Å².